The molecule has 0 aliphatic heterocycles. The smallest absolute Gasteiger partial charge is 0.0420 e. The van der Waals surface area contributed by atoms with Crippen LogP contribution in [0, 0.1) is 11.8 Å². The average molecular weight is 78.1 g/mol. The molecule has 0 saturated heterocycles. The summed E-state index contributed by atoms with van der Waals surface area (Å²) in [6, 6.07) is 0. The maximum atomic E-state index is 2.91. The summed E-state index contributed by atoms with van der Waals surface area (Å²) in [7, 11) is 0. The summed E-state index contributed by atoms with van der Waals surface area (Å²) in [5, 5.41) is 0. The van der Waals surface area contributed by atoms with Crippen LogP contribution < -0.4 is 0 Å². The molecule has 0 aromatic carbocycles. The molecule has 0 bridgehead atoms. The number of rotatable bonds is 0. The lowest BCUT2D eigenvalue weighted by Gasteiger charge is -1.95. The molecule has 1 aliphatic carbocycles. The van der Waals surface area contributed by atoms with E-state index in [1.54, 1.807) is 0 Å². The van der Waals surface area contributed by atoms with Gasteiger partial charge in [0.2, 0.25) is 0 Å². The third-order valence-electron chi connectivity index (χ3n) is 0.876. The molecule has 0 N–H and O–H groups in total. The van der Waals surface area contributed by atoms with E-state index >= 15 is 0 Å². The van der Waals surface area contributed by atoms with E-state index in [1.807, 2.05) is 6.92 Å². The van der Waals surface area contributed by atoms with Crippen molar-refractivity contribution in [1.82, 2.24) is 0 Å². The van der Waals surface area contributed by atoms with Crippen LogP contribution in [0.5, 0.6) is 0 Å². The monoisotopic (exact) mass is 78.0 g/mol. The van der Waals surface area contributed by atoms with Gasteiger partial charge in [0.15, 0.2) is 0 Å². The lowest BCUT2D eigenvalue weighted by atomic mass is 10.1. The van der Waals surface area contributed by atoms with E-state index in [1.165, 1.54) is 5.57 Å². The van der Waals surface area contributed by atoms with Gasteiger partial charge in [0.25, 0.3) is 0 Å². The van der Waals surface area contributed by atoms with Gasteiger partial charge in [0.05, 0.1) is 0 Å². The first-order chi connectivity index (χ1) is 2.93. The highest BCUT2D eigenvalue weighted by Crippen LogP contribution is 2.04. The molecule has 0 fully saturated rings. The largest absolute Gasteiger partial charge is 0.0927 e. The van der Waals surface area contributed by atoms with Crippen molar-refractivity contribution in [2.45, 2.75) is 13.3 Å². The van der Waals surface area contributed by atoms with Gasteiger partial charge in [-0.3, -0.25) is 0 Å². The molecule has 0 aromatic rings. The summed E-state index contributed by atoms with van der Waals surface area (Å²) in [5.74, 6) is 5.80. The zero-order chi connectivity index (χ0) is 4.41. The number of hydrogen-bond acceptors (Lipinski definition) is 0. The van der Waals surface area contributed by atoms with Crippen molar-refractivity contribution in [2.24, 2.45) is 0 Å². The highest BCUT2D eigenvalue weighted by molar-refractivity contribution is 5.40. The summed E-state index contributed by atoms with van der Waals surface area (Å²) in [6.45, 7) is 2.02. The average Bonchev–Trinajstić information content (AvgIpc) is 1.31. The summed E-state index contributed by atoms with van der Waals surface area (Å²) in [4.78, 5) is 0. The molecule has 0 aromatic heterocycles. The molecule has 0 spiro atoms. The molecule has 1 aliphatic rings. The Kier molecular flexibility index (Phi) is 0.686. The highest BCUT2D eigenvalue weighted by Gasteiger charge is 1.91. The van der Waals surface area contributed by atoms with Gasteiger partial charge in [0, 0.05) is 12.0 Å². The normalized spacial score (nSPS) is 21.8. The van der Waals surface area contributed by atoms with Crippen LogP contribution in [0.4, 0.5) is 0 Å². The van der Waals surface area contributed by atoms with Gasteiger partial charge in [-0.2, -0.15) is 0 Å². The van der Waals surface area contributed by atoms with Crippen LogP contribution in [-0.2, 0) is 0 Å². The van der Waals surface area contributed by atoms with E-state index < -0.39 is 0 Å². The lowest BCUT2D eigenvalue weighted by molar-refractivity contribution is 1.29. The van der Waals surface area contributed by atoms with E-state index in [9.17, 15) is 0 Å². The van der Waals surface area contributed by atoms with E-state index in [-0.39, 0.29) is 0 Å². The van der Waals surface area contributed by atoms with Crippen molar-refractivity contribution >= 4 is 0 Å². The van der Waals surface area contributed by atoms with Crippen molar-refractivity contribution < 1.29 is 0 Å². The maximum absolute atomic E-state index is 2.91. The summed E-state index contributed by atoms with van der Waals surface area (Å²) in [5.41, 5.74) is 1.29. The fraction of sp³-hybridized carbons (Fsp3) is 0.333. The minimum atomic E-state index is 1.01. The van der Waals surface area contributed by atoms with E-state index in [0.717, 1.165) is 6.42 Å². The van der Waals surface area contributed by atoms with Crippen molar-refractivity contribution in [1.29, 1.82) is 0 Å². The molecule has 0 nitrogen and oxygen atoms in total. The van der Waals surface area contributed by atoms with E-state index in [4.69, 9.17) is 0 Å². The highest BCUT2D eigenvalue weighted by atomic mass is 13.9. The fourth-order valence-corrected chi connectivity index (χ4v) is 0.365. The third kappa shape index (κ3) is 0.328. The Labute approximate surface area is 37.9 Å². The van der Waals surface area contributed by atoms with Crippen molar-refractivity contribution in [2.75, 3.05) is 0 Å². The zero-order valence-electron chi connectivity index (χ0n) is 3.78. The summed E-state index contributed by atoms with van der Waals surface area (Å²) in [6.07, 6.45) is 3.06. The molecule has 0 unspecified atom stereocenters. The van der Waals surface area contributed by atoms with Crippen LogP contribution >= 0.6 is 0 Å². The van der Waals surface area contributed by atoms with Gasteiger partial charge in [0.1, 0.15) is 0 Å². The van der Waals surface area contributed by atoms with Gasteiger partial charge < -0.3 is 0 Å². The third-order valence-corrected chi connectivity index (χ3v) is 0.876. The Balaban J connectivity index is 2.71. The molecule has 0 heterocycles. The molecule has 0 heteroatoms. The van der Waals surface area contributed by atoms with Crippen LogP contribution in [0.3, 0.4) is 0 Å². The van der Waals surface area contributed by atoms with Crippen molar-refractivity contribution in [3.8, 4) is 11.8 Å². The van der Waals surface area contributed by atoms with Crippen molar-refractivity contribution in [3.63, 3.8) is 0 Å². The number of hydrogen-bond donors (Lipinski definition) is 0. The van der Waals surface area contributed by atoms with Gasteiger partial charge in [-0.1, -0.05) is 17.9 Å². The Morgan fingerprint density at radius 1 is 1.83 bits per heavy atom. The van der Waals surface area contributed by atoms with Gasteiger partial charge >= 0.3 is 0 Å². The Bertz CT molecular complexity index is 130. The van der Waals surface area contributed by atoms with Crippen molar-refractivity contribution in [3.05, 3.63) is 11.6 Å². The molecular weight excluding hydrogens is 72.1 g/mol. The summed E-state index contributed by atoms with van der Waals surface area (Å²) < 4.78 is 0. The van der Waals surface area contributed by atoms with Crippen LogP contribution in [0.2, 0.25) is 0 Å². The minimum Gasteiger partial charge on any atom is -0.0927 e. The first-order valence-corrected chi connectivity index (χ1v) is 2.07. The van der Waals surface area contributed by atoms with Crippen LogP contribution in [-0.4, -0.2) is 0 Å². The second-order valence-corrected chi connectivity index (χ2v) is 1.29. The first kappa shape index (κ1) is 3.49. The quantitative estimate of drug-likeness (QED) is 0.383. The van der Waals surface area contributed by atoms with Crippen LogP contribution in [0.15, 0.2) is 11.6 Å². The Morgan fingerprint density at radius 2 is 2.50 bits per heavy atom. The Morgan fingerprint density at radius 3 is 2.50 bits per heavy atom. The molecule has 1 rings (SSSR count). The topological polar surface area (TPSA) is 0 Å². The standard InChI is InChI=1S/C6H6/c1-2-6-4-3-5-6/h2H,4H2,1H3/b6-2-. The maximum Gasteiger partial charge on any atom is 0.0420 e. The molecule has 0 amide bonds. The lowest BCUT2D eigenvalue weighted by Crippen LogP contribution is -1.83. The SMILES string of the molecule is C/C=C1\C#CC1. The van der Waals surface area contributed by atoms with Crippen LogP contribution in [0.1, 0.15) is 13.3 Å². The second kappa shape index (κ2) is 1.18. The second-order valence-electron chi connectivity index (χ2n) is 1.29. The molecule has 30 valence electrons. The van der Waals surface area contributed by atoms with E-state index in [0.29, 0.717) is 0 Å². The molecule has 0 atom stereocenters. The number of allylic oxidation sites excluding steroid dienone is 2. The van der Waals surface area contributed by atoms with E-state index in [2.05, 4.69) is 17.9 Å². The molecule has 6 heavy (non-hydrogen) atoms. The first-order valence-electron chi connectivity index (χ1n) is 2.07. The molecule has 0 radical (unpaired) electrons. The van der Waals surface area contributed by atoms with Gasteiger partial charge in [-0.15, -0.1) is 0 Å². The zero-order valence-corrected chi connectivity index (χ0v) is 3.78. The van der Waals surface area contributed by atoms with Crippen LogP contribution in [0.25, 0.3) is 0 Å². The molecular formula is C6H6. The van der Waals surface area contributed by atoms with Gasteiger partial charge in [-0.25, -0.2) is 0 Å². The van der Waals surface area contributed by atoms with Gasteiger partial charge in [-0.05, 0) is 6.92 Å². The Hall–Kier alpha value is -0.700. The summed E-state index contributed by atoms with van der Waals surface area (Å²) >= 11 is 0. The molecule has 0 saturated carbocycles. The fourth-order valence-electron chi connectivity index (χ4n) is 0.365. The minimum absolute atomic E-state index is 1.01. The predicted molar refractivity (Wildman–Crippen MR) is 26.1 cm³/mol. The predicted octanol–water partition coefficient (Wildman–Crippen LogP) is 1.34.